The van der Waals surface area contributed by atoms with Gasteiger partial charge in [-0.15, -0.1) is 0 Å². The van der Waals surface area contributed by atoms with Gasteiger partial charge in [-0.05, 0) is 0 Å². The molecule has 0 fully saturated rings. The molecule has 0 saturated heterocycles. The van der Waals surface area contributed by atoms with Crippen molar-refractivity contribution in [1.82, 2.24) is 0 Å². The zero-order valence-electron chi connectivity index (χ0n) is 40.3. The second-order valence-corrected chi connectivity index (χ2v) is 21.1. The monoisotopic (exact) mass is 1030 g/mol. The number of hydrogen-bond donors (Lipinski definition) is 0. The molecule has 3 aliphatic heterocycles. The third kappa shape index (κ3) is 7.48. The molecule has 0 aliphatic carbocycles. The van der Waals surface area contributed by atoms with Crippen molar-refractivity contribution in [3.05, 3.63) is 273 Å². The summed E-state index contributed by atoms with van der Waals surface area (Å²) >= 11 is 4.96. The maximum absolute atomic E-state index is 2.99. The molecule has 0 spiro atoms. The third-order valence-corrected chi connectivity index (χ3v) is 16.9. The van der Waals surface area contributed by atoms with Crippen LogP contribution in [0.15, 0.2) is 278 Å². The second-order valence-electron chi connectivity index (χ2n) is 19.0. The number of fused-ring (bicyclic) bond motifs is 7. The molecule has 0 amide bonds. The Morgan fingerprint density at radius 3 is 1.36 bits per heavy atom. The summed E-state index contributed by atoms with van der Waals surface area (Å²) in [6.45, 7) is -0.0676. The number of para-hydroxylation sites is 7. The SMILES string of the molecule is [SeH]c1cc2c(cc1B1Sc3ccccc3-c3cc(N(c4ccccc4)c4ccccc4)ccc31)B1c3ccccc3N(c3ccccc3)c3cc(N(c4ccccc4)c4ccccc4)cc(c31)N2c1ccccc1. The average Bonchev–Trinajstić information content (AvgIpc) is 3.55. The minimum absolute atomic E-state index is 0.0256. The molecule has 3 aliphatic rings. The van der Waals surface area contributed by atoms with Crippen molar-refractivity contribution in [2.24, 2.45) is 0 Å². The average molecular weight is 1030 g/mol. The number of anilines is 12. The van der Waals surface area contributed by atoms with Crippen LogP contribution in [-0.4, -0.2) is 28.7 Å². The Morgan fingerprint density at radius 2 is 0.797 bits per heavy atom. The van der Waals surface area contributed by atoms with Crippen LogP contribution in [0.25, 0.3) is 11.1 Å². The summed E-state index contributed by atoms with van der Waals surface area (Å²) < 4.78 is 1.20. The van der Waals surface area contributed by atoms with Gasteiger partial charge in [0, 0.05) is 0 Å². The Labute approximate surface area is 446 Å². The summed E-state index contributed by atoms with van der Waals surface area (Å²) in [5.74, 6) is 0.0256. The summed E-state index contributed by atoms with van der Waals surface area (Å²) in [6, 6.07) is 100.0. The second kappa shape index (κ2) is 18.6. The number of nitrogens with zero attached hydrogens (tertiary/aromatic N) is 4. The third-order valence-electron chi connectivity index (χ3n) is 14.7. The van der Waals surface area contributed by atoms with Gasteiger partial charge in [0.05, 0.1) is 0 Å². The Morgan fingerprint density at radius 1 is 0.324 bits per heavy atom. The molecular formula is C66H46B2N4SSe. The van der Waals surface area contributed by atoms with E-state index in [1.807, 2.05) is 11.6 Å². The molecule has 0 unspecified atom stereocenters. The number of rotatable bonds is 9. The standard InChI is InChI=1S/C66H46B2N4SSe/c74-65-45-61-58(44-59(65)68-56-40-39-52(41-55(56)54-35-19-22-38-64(54)73-68)69(46-23-7-1-8-24-46)47-25-9-2-10-26-47)67-57-36-20-21-37-60(57)71(50-31-15-5-16-32-50)62-42-53(43-63(66(62)67)72(61)51-33-17-6-18-34-51)70(48-27-11-3-12-28-48)49-29-13-4-14-30-49/h1-45,74H. The van der Waals surface area contributed by atoms with Gasteiger partial charge in [-0.3, -0.25) is 0 Å². The van der Waals surface area contributed by atoms with Gasteiger partial charge in [-0.25, -0.2) is 0 Å². The Balaban J connectivity index is 1.01. The van der Waals surface area contributed by atoms with Gasteiger partial charge in [0.2, 0.25) is 0 Å². The van der Waals surface area contributed by atoms with E-state index >= 15 is 0 Å². The van der Waals surface area contributed by atoms with Crippen molar-refractivity contribution >= 4 is 140 Å². The molecule has 0 saturated carbocycles. The molecule has 4 nitrogen and oxygen atoms in total. The molecular weight excluding hydrogens is 981 g/mol. The number of benzene rings is 11. The van der Waals surface area contributed by atoms with E-state index in [4.69, 9.17) is 0 Å². The Bertz CT molecular complexity index is 3790. The fourth-order valence-corrected chi connectivity index (χ4v) is 13.8. The van der Waals surface area contributed by atoms with E-state index in [9.17, 15) is 0 Å². The van der Waals surface area contributed by atoms with Crippen molar-refractivity contribution in [3.8, 4) is 11.1 Å². The van der Waals surface area contributed by atoms with Crippen molar-refractivity contribution in [2.45, 2.75) is 4.90 Å². The molecule has 0 atom stereocenters. The topological polar surface area (TPSA) is 13.0 Å². The molecule has 11 aromatic rings. The predicted octanol–water partition coefficient (Wildman–Crippen LogP) is 13.1. The minimum atomic E-state index is -0.0676. The van der Waals surface area contributed by atoms with Gasteiger partial charge in [0.25, 0.3) is 0 Å². The van der Waals surface area contributed by atoms with Crippen LogP contribution in [0, 0.1) is 0 Å². The summed E-state index contributed by atoms with van der Waals surface area (Å²) in [7, 11) is 0. The molecule has 3 heterocycles. The van der Waals surface area contributed by atoms with Crippen molar-refractivity contribution in [2.75, 3.05) is 19.6 Å². The first-order valence-corrected chi connectivity index (χ1v) is 27.0. The van der Waals surface area contributed by atoms with E-state index in [1.165, 1.54) is 59.2 Å². The van der Waals surface area contributed by atoms with Crippen molar-refractivity contribution in [3.63, 3.8) is 0 Å². The quantitative estimate of drug-likeness (QED) is 0.133. The van der Waals surface area contributed by atoms with Crippen molar-refractivity contribution in [1.29, 1.82) is 0 Å². The molecule has 0 radical (unpaired) electrons. The van der Waals surface area contributed by atoms with E-state index in [0.717, 1.165) is 56.9 Å². The van der Waals surface area contributed by atoms with E-state index < -0.39 is 0 Å². The summed E-state index contributed by atoms with van der Waals surface area (Å²) in [4.78, 5) is 11.1. The van der Waals surface area contributed by atoms with Gasteiger partial charge in [0.15, 0.2) is 0 Å². The first-order valence-electron chi connectivity index (χ1n) is 25.2. The van der Waals surface area contributed by atoms with Gasteiger partial charge >= 0.3 is 449 Å². The van der Waals surface area contributed by atoms with E-state index in [1.54, 1.807) is 0 Å². The molecule has 74 heavy (non-hydrogen) atoms. The fourth-order valence-electron chi connectivity index (χ4n) is 11.6. The van der Waals surface area contributed by atoms with Crippen LogP contribution in [0.2, 0.25) is 0 Å². The summed E-state index contributed by atoms with van der Waals surface area (Å²) in [6.07, 6.45) is 0. The maximum atomic E-state index is 2.99. The molecule has 0 N–H and O–H groups in total. The normalized spacial score (nSPS) is 12.8. The van der Waals surface area contributed by atoms with Crippen LogP contribution in [0.4, 0.5) is 68.2 Å². The van der Waals surface area contributed by atoms with E-state index in [-0.39, 0.29) is 12.7 Å². The molecule has 11 aromatic carbocycles. The van der Waals surface area contributed by atoms with Gasteiger partial charge < -0.3 is 0 Å². The van der Waals surface area contributed by atoms with Gasteiger partial charge in [-0.2, -0.15) is 0 Å². The molecule has 0 bridgehead atoms. The zero-order chi connectivity index (χ0) is 49.1. The van der Waals surface area contributed by atoms with Crippen LogP contribution in [0.3, 0.4) is 0 Å². The van der Waals surface area contributed by atoms with Crippen molar-refractivity contribution < 1.29 is 0 Å². The van der Waals surface area contributed by atoms with Crippen LogP contribution in [-0.2, 0) is 0 Å². The van der Waals surface area contributed by atoms with Crippen LogP contribution in [0.1, 0.15) is 0 Å². The predicted molar refractivity (Wildman–Crippen MR) is 319 cm³/mol. The van der Waals surface area contributed by atoms with Crippen LogP contribution < -0.4 is 51.4 Å². The molecule has 14 rings (SSSR count). The van der Waals surface area contributed by atoms with Crippen LogP contribution >= 0.6 is 11.6 Å². The number of hydrogen-bond acceptors (Lipinski definition) is 5. The van der Waals surface area contributed by atoms with Gasteiger partial charge in [-0.1, -0.05) is 0 Å². The molecule has 348 valence electrons. The summed E-state index contributed by atoms with van der Waals surface area (Å²) in [5.41, 5.74) is 22.6. The molecule has 8 heteroatoms. The molecule has 0 aromatic heterocycles. The Hall–Kier alpha value is -8.38. The first-order chi connectivity index (χ1) is 36.7. The van der Waals surface area contributed by atoms with Gasteiger partial charge in [0.1, 0.15) is 0 Å². The zero-order valence-corrected chi connectivity index (χ0v) is 43.0. The van der Waals surface area contributed by atoms with E-state index in [0.29, 0.717) is 0 Å². The van der Waals surface area contributed by atoms with Crippen LogP contribution in [0.5, 0.6) is 0 Å². The first kappa shape index (κ1) is 44.3. The fraction of sp³-hybridized carbons (Fsp3) is 0. The van der Waals surface area contributed by atoms with E-state index in [2.05, 4.69) is 309 Å². The summed E-state index contributed by atoms with van der Waals surface area (Å²) in [5, 5.41) is 0. The Kier molecular flexibility index (Phi) is 11.1.